The number of hydrogen-bond donors (Lipinski definition) is 2. The number of hydroxylamine groups is 2. The number of methoxy groups -OCH3 is 1. The molecule has 0 saturated carbocycles. The van der Waals surface area contributed by atoms with Crippen LogP contribution in [0, 0.1) is 77.0 Å². The summed E-state index contributed by atoms with van der Waals surface area (Å²) in [6.45, 7) is 47.5. The first kappa shape index (κ1) is 135. The Morgan fingerprint density at radius 1 is 0.590 bits per heavy atom. The Morgan fingerprint density at radius 2 is 0.970 bits per heavy atom. The van der Waals surface area contributed by atoms with Crippen LogP contribution in [0.4, 0.5) is 31.1 Å². The molecule has 6 aromatic rings. The van der Waals surface area contributed by atoms with Crippen LogP contribution >= 0.6 is 35.3 Å². The molecule has 1 fully saturated rings. The van der Waals surface area contributed by atoms with Gasteiger partial charge in [0, 0.05) is 126 Å². The molecule has 0 aliphatic carbocycles. The number of Topliss-reactive ketones (excluding diaryl/α,β-unsaturated/α-hetero) is 2. The number of carbonyl (C=O) groups is 9. The third-order valence-electron chi connectivity index (χ3n) is 15.9. The van der Waals surface area contributed by atoms with Crippen LogP contribution in [-0.4, -0.2) is 233 Å². The van der Waals surface area contributed by atoms with E-state index in [2.05, 4.69) is 66.9 Å². The molecule has 41 heteroatoms. The van der Waals surface area contributed by atoms with Gasteiger partial charge in [0.05, 0.1) is 84.2 Å². The maximum Gasteiger partial charge on any atom is 2.00 e. The van der Waals surface area contributed by atoms with E-state index in [0.717, 1.165) is 66.8 Å². The van der Waals surface area contributed by atoms with Crippen LogP contribution in [-0.2, 0) is 63.9 Å². The number of aromatic carboxylic acids is 1. The molecule has 0 unspecified atom stereocenters. The van der Waals surface area contributed by atoms with Crippen LogP contribution in [0.25, 0.3) is 16.0 Å². The number of carboxylic acid groups (broad SMARTS) is 2. The number of thioether (sulfide) groups is 3. The maximum atomic E-state index is 15.0. The van der Waals surface area contributed by atoms with Crippen molar-refractivity contribution < 1.29 is 154 Å². The Morgan fingerprint density at radius 3 is 1.31 bits per heavy atom. The number of carboxylic acids is 2. The molecule has 0 atom stereocenters. The third kappa shape index (κ3) is 53.5. The number of amides is 2. The van der Waals surface area contributed by atoms with Gasteiger partial charge in [-0.25, -0.2) is 66.5 Å². The van der Waals surface area contributed by atoms with Crippen LogP contribution < -0.4 is 41.0 Å². The van der Waals surface area contributed by atoms with E-state index < -0.39 is 98.6 Å². The molecule has 0 aromatic carbocycles. The standard InChI is InChI=1S/C25H32FN3O4S.C16H19FN2O2.C11H14FNO.C8H9FN2O2.C7H6FNO.C6H4FNO2.C6H12NS2.C5H7NO2.C5H10O2.C3H8O.CH3.BrH.HI.Mg/c1-8-32-22(30)18(14-27)17(16-12-19(26)21(28-15-16)24(2,3)4)13-20-29(10-9-11-34-20)23(31)33-25(5,6)7;1-6-21-15(20)12(8-18)10(2)11-7-13(17)14(19-9-11)16(3,4)5;1-7(14)8-5-9(12)10(13-6-8)11(2,3)4;1-11(13-2)8(12)6-3-7(9)5-10-4-6;1-5(10)6-2-7(8)4-9-3-6;7-5-1-4(6(9)10)2-8-3-5;1-7-4-3-5-9-6(7)8-2;1-3-8-5(7)4-6-2;1-5(2,3)4(6)7;1-3-4-2;;;;/h12-13,15H,8-11H2,1-7H3;7,9H,6H2,1-5H3;5-6H,1-4H3;3-5H,1-2H3;2-4H,1H3;1-3H,(H,9,10);3-5H2,1-2H3;3-4H2,1H3;1-3H3,(H,6,7);3H2,1-2H3;1H3;2*1H;/q;;;;;;+1;;;;-1;;;+2/p-2/b18-17+,20-13-;12-10+;;;;;;;;;;;;. The van der Waals surface area contributed by atoms with Gasteiger partial charge < -0.3 is 87.1 Å². The minimum absolute atomic E-state index is 0. The Labute approximate surface area is 840 Å². The molecule has 0 radical (unpaired) electrons. The van der Waals surface area contributed by atoms with E-state index in [1.54, 1.807) is 82.4 Å². The van der Waals surface area contributed by atoms with Crippen LogP contribution in [0.5, 0.6) is 0 Å². The summed E-state index contributed by atoms with van der Waals surface area (Å²) in [4.78, 5) is 132. The molecular formula is C93H124BrF6IMgN12O17S3. The monoisotopic (exact) mass is 2120 g/mol. The first-order valence-electron chi connectivity index (χ1n) is 40.2. The molecule has 0 spiro atoms. The molecule has 134 heavy (non-hydrogen) atoms. The van der Waals surface area contributed by atoms with E-state index in [1.165, 1.54) is 123 Å². The molecule has 2 aliphatic rings. The van der Waals surface area contributed by atoms with Gasteiger partial charge in [0.2, 0.25) is 0 Å². The number of aromatic nitrogens is 6. The predicted octanol–water partition coefficient (Wildman–Crippen LogP) is 12.7. The summed E-state index contributed by atoms with van der Waals surface area (Å²) in [6.07, 6.45) is 16.3. The molecule has 8 heterocycles. The summed E-state index contributed by atoms with van der Waals surface area (Å²) in [5, 5.41) is 36.9. The first-order valence-corrected chi connectivity index (χ1v) is 43.4. The quantitative estimate of drug-likeness (QED) is 0.00824. The van der Waals surface area contributed by atoms with Gasteiger partial charge >= 0.3 is 65.5 Å². The van der Waals surface area contributed by atoms with E-state index in [-0.39, 0.29) is 147 Å². The second kappa shape index (κ2) is 68.2. The molecule has 0 bridgehead atoms. The summed E-state index contributed by atoms with van der Waals surface area (Å²) in [5.41, 5.74) is -0.249. The average Bonchev–Trinajstić information content (AvgIpc) is 0.800. The molecular weight excluding hydrogens is 2000 g/mol. The van der Waals surface area contributed by atoms with Crippen molar-refractivity contribution in [2.75, 3.05) is 92.1 Å². The number of aliphatic carboxylic acids is 1. The summed E-state index contributed by atoms with van der Waals surface area (Å²) < 4.78 is 108. The largest absolute Gasteiger partial charge is 2.00 e. The second-order valence-corrected chi connectivity index (χ2v) is 35.4. The van der Waals surface area contributed by atoms with Gasteiger partial charge in [0.15, 0.2) is 11.6 Å². The van der Waals surface area contributed by atoms with Gasteiger partial charge in [-0.05, 0) is 162 Å². The van der Waals surface area contributed by atoms with Crippen molar-refractivity contribution in [1.29, 1.82) is 10.5 Å². The van der Waals surface area contributed by atoms with Crippen molar-refractivity contribution in [2.24, 2.45) is 5.41 Å². The maximum absolute atomic E-state index is 15.0. The number of nitrogens with zero attached hydrogens (tertiary/aromatic N) is 12. The normalized spacial score (nSPS) is 12.3. The number of carbonyl (C=O) groups excluding carboxylic acids is 7. The Hall–Kier alpha value is -9.78. The number of pyridine rings is 6. The minimum Gasteiger partial charge on any atom is -1.00 e. The molecule has 6 aromatic heterocycles. The summed E-state index contributed by atoms with van der Waals surface area (Å²) in [7, 11) is 6.63. The van der Waals surface area contributed by atoms with Crippen LogP contribution in [0.2, 0.25) is 0 Å². The summed E-state index contributed by atoms with van der Waals surface area (Å²) in [6, 6.07) is 10.7. The number of ether oxygens (including phenoxy) is 5. The van der Waals surface area contributed by atoms with E-state index >= 15 is 0 Å². The van der Waals surface area contributed by atoms with Crippen molar-refractivity contribution in [3.05, 3.63) is 219 Å². The number of nitriles is 2. The van der Waals surface area contributed by atoms with Crippen LogP contribution in [0.3, 0.4) is 0 Å². The second-order valence-electron chi connectivity index (χ2n) is 32.1. The number of rotatable bonds is 15. The van der Waals surface area contributed by atoms with Gasteiger partial charge in [-0.3, -0.25) is 58.8 Å². The molecule has 2 amide bonds. The van der Waals surface area contributed by atoms with Gasteiger partial charge in [-0.15, -0.1) is 11.8 Å². The third-order valence-corrected chi connectivity index (χ3v) is 19.6. The topological polar surface area (TPSA) is 388 Å². The number of allylic oxidation sites excluding steroid dienone is 3. The molecule has 8 rings (SSSR count). The van der Waals surface area contributed by atoms with E-state index in [1.807, 2.05) is 98.8 Å². The molecule has 1 saturated heterocycles. The van der Waals surface area contributed by atoms with E-state index in [0.29, 0.717) is 51.8 Å². The Kier molecular flexibility index (Phi) is 68.7. The van der Waals surface area contributed by atoms with Crippen molar-refractivity contribution in [3.8, 4) is 12.1 Å². The zero-order valence-electron chi connectivity index (χ0n) is 81.4. The summed E-state index contributed by atoms with van der Waals surface area (Å²) in [5.74, 6) is -5.74. The fourth-order valence-corrected chi connectivity index (χ4v) is 12.2. The smallest absolute Gasteiger partial charge is 1.00 e. The molecule has 29 nitrogen and oxygen atoms in total. The van der Waals surface area contributed by atoms with Gasteiger partial charge in [-0.1, -0.05) is 74.1 Å². The SMILES string of the molecule is CC(=O)c1cnc(C(C)(C)C)c(F)c1.CC(=O)c1cncc(F)c1.CC(C)(C)C(=O)O.CCOC.CCOC(=O)/C(C#N)=C(\C)c1cnc(C(C)(C)C)c(F)c1.CCOC(=O)/C(C#N)=C(\C=C1/SCCCN1C(=O)OC(C)(C)C)c1cnc(C(C)(C)C)c(F)c1.CON(C)C(=O)c1cncc(F)c1.CSC1=[N+](C)CCCS1.O=C(O)c1cncc(F)c1.[Br-].[C-]#[N+]CC(=O)OCC.[CH3-].[I-].[Mg+2]. The van der Waals surface area contributed by atoms with Gasteiger partial charge in [0.25, 0.3) is 10.3 Å². The Bertz CT molecular complexity index is 5010. The molecule has 734 valence electrons. The molecule has 2 aliphatic heterocycles. The number of esters is 3. The average molecular weight is 2120 g/mol. The number of hydrogen-bond acceptors (Lipinski definition) is 26. The minimum atomic E-state index is -1.17. The van der Waals surface area contributed by atoms with Crippen molar-refractivity contribution >= 4 is 127 Å². The van der Waals surface area contributed by atoms with E-state index in [9.17, 15) is 74.8 Å². The van der Waals surface area contributed by atoms with Crippen LogP contribution in [0.1, 0.15) is 235 Å². The Balaban J connectivity index is -0.000000358. The fraction of sp³-hybridized carbons (Fsp3) is 0.462. The van der Waals surface area contributed by atoms with Crippen molar-refractivity contribution in [2.45, 2.75) is 187 Å². The molecule has 2 N–H and O–H groups in total. The van der Waals surface area contributed by atoms with Crippen molar-refractivity contribution in [1.82, 2.24) is 39.9 Å². The van der Waals surface area contributed by atoms with Crippen molar-refractivity contribution in [3.63, 3.8) is 0 Å². The van der Waals surface area contributed by atoms with Gasteiger partial charge in [0.1, 0.15) is 77.4 Å². The first-order chi connectivity index (χ1) is 60.4. The fourth-order valence-electron chi connectivity index (χ4n) is 9.27. The number of ketones is 2. The van der Waals surface area contributed by atoms with E-state index in [4.69, 9.17) is 36.3 Å². The summed E-state index contributed by atoms with van der Waals surface area (Å²) >= 11 is 5.23. The van der Waals surface area contributed by atoms with Gasteiger partial charge in [-0.2, -0.15) is 10.5 Å². The van der Waals surface area contributed by atoms with Crippen LogP contribution in [0.15, 0.2) is 114 Å². The number of halogens is 8. The predicted molar refractivity (Wildman–Crippen MR) is 501 cm³/mol. The zero-order valence-corrected chi connectivity index (χ0v) is 89.0. The zero-order chi connectivity index (χ0) is 100.